The molecule has 98 valence electrons. The molecular formula is C15H23N3. The van der Waals surface area contributed by atoms with E-state index in [2.05, 4.69) is 40.4 Å². The maximum Gasteiger partial charge on any atom is 0.0429 e. The molecule has 2 aliphatic rings. The van der Waals surface area contributed by atoms with Crippen molar-refractivity contribution >= 4 is 5.69 Å². The summed E-state index contributed by atoms with van der Waals surface area (Å²) in [7, 11) is 2.22. The summed E-state index contributed by atoms with van der Waals surface area (Å²) >= 11 is 0. The number of hydrogen-bond donors (Lipinski definition) is 1. The Bertz CT molecular complexity index is 410. The summed E-state index contributed by atoms with van der Waals surface area (Å²) in [6, 6.07) is 6.82. The van der Waals surface area contributed by atoms with Gasteiger partial charge >= 0.3 is 0 Å². The van der Waals surface area contributed by atoms with Gasteiger partial charge in [-0.15, -0.1) is 0 Å². The molecule has 0 spiro atoms. The summed E-state index contributed by atoms with van der Waals surface area (Å²) in [5.74, 6) is 0. The zero-order valence-corrected chi connectivity index (χ0v) is 11.3. The second kappa shape index (κ2) is 5.29. The summed E-state index contributed by atoms with van der Waals surface area (Å²) in [6.45, 7) is 7.07. The van der Waals surface area contributed by atoms with Crippen molar-refractivity contribution in [2.75, 3.05) is 51.2 Å². The van der Waals surface area contributed by atoms with Crippen molar-refractivity contribution in [3.8, 4) is 0 Å². The fourth-order valence-corrected chi connectivity index (χ4v) is 3.15. The molecule has 1 aromatic carbocycles. The Morgan fingerprint density at radius 2 is 2.00 bits per heavy atom. The summed E-state index contributed by atoms with van der Waals surface area (Å²) in [5.41, 5.74) is 4.58. The minimum atomic E-state index is 1.15. The van der Waals surface area contributed by atoms with Gasteiger partial charge in [0.25, 0.3) is 0 Å². The highest BCUT2D eigenvalue weighted by molar-refractivity contribution is 5.62. The standard InChI is InChI=1S/C15H23N3/c1-17-9-5-13-3-2-4-14(15(13)17)6-10-18-11-7-16-8-12-18/h2-4,16H,5-12H2,1H3. The Hall–Kier alpha value is -1.06. The van der Waals surface area contributed by atoms with Crippen LogP contribution in [0.2, 0.25) is 0 Å². The fourth-order valence-electron chi connectivity index (χ4n) is 3.15. The van der Waals surface area contributed by atoms with Gasteiger partial charge in [-0.3, -0.25) is 0 Å². The van der Waals surface area contributed by atoms with E-state index in [9.17, 15) is 0 Å². The molecule has 1 N–H and O–H groups in total. The van der Waals surface area contributed by atoms with Crippen LogP contribution < -0.4 is 10.2 Å². The predicted molar refractivity (Wildman–Crippen MR) is 76.4 cm³/mol. The topological polar surface area (TPSA) is 18.5 Å². The first-order valence-corrected chi connectivity index (χ1v) is 7.09. The molecule has 3 heteroatoms. The van der Waals surface area contributed by atoms with Crippen molar-refractivity contribution in [1.82, 2.24) is 10.2 Å². The van der Waals surface area contributed by atoms with Crippen LogP contribution in [-0.4, -0.2) is 51.2 Å². The van der Waals surface area contributed by atoms with Crippen molar-refractivity contribution in [2.24, 2.45) is 0 Å². The van der Waals surface area contributed by atoms with Gasteiger partial charge < -0.3 is 15.1 Å². The van der Waals surface area contributed by atoms with Crippen molar-refractivity contribution in [2.45, 2.75) is 12.8 Å². The lowest BCUT2D eigenvalue weighted by molar-refractivity contribution is 0.244. The van der Waals surface area contributed by atoms with Gasteiger partial charge in [0, 0.05) is 52.0 Å². The first-order valence-electron chi connectivity index (χ1n) is 7.09. The number of anilines is 1. The Kier molecular flexibility index (Phi) is 3.52. The minimum Gasteiger partial charge on any atom is -0.374 e. The number of hydrogen-bond acceptors (Lipinski definition) is 3. The van der Waals surface area contributed by atoms with Gasteiger partial charge in [0.15, 0.2) is 0 Å². The van der Waals surface area contributed by atoms with Crippen LogP contribution in [-0.2, 0) is 12.8 Å². The highest BCUT2D eigenvalue weighted by atomic mass is 15.2. The molecule has 1 fully saturated rings. The van der Waals surface area contributed by atoms with Crippen LogP contribution in [0.4, 0.5) is 5.69 Å². The number of piperazine rings is 1. The van der Waals surface area contributed by atoms with Crippen LogP contribution in [0, 0.1) is 0 Å². The number of rotatable bonds is 3. The molecule has 0 unspecified atom stereocenters. The van der Waals surface area contributed by atoms with Crippen LogP contribution >= 0.6 is 0 Å². The molecular weight excluding hydrogens is 222 g/mol. The predicted octanol–water partition coefficient (Wildman–Crippen LogP) is 1.13. The molecule has 0 radical (unpaired) electrons. The Morgan fingerprint density at radius 3 is 2.83 bits per heavy atom. The molecule has 3 nitrogen and oxygen atoms in total. The molecule has 0 saturated carbocycles. The lowest BCUT2D eigenvalue weighted by Crippen LogP contribution is -2.44. The monoisotopic (exact) mass is 245 g/mol. The molecule has 0 bridgehead atoms. The van der Waals surface area contributed by atoms with Crippen LogP contribution in [0.3, 0.4) is 0 Å². The largest absolute Gasteiger partial charge is 0.374 e. The van der Waals surface area contributed by atoms with E-state index in [1.165, 1.54) is 55.8 Å². The second-order valence-corrected chi connectivity index (χ2v) is 5.44. The van der Waals surface area contributed by atoms with Crippen LogP contribution in [0.15, 0.2) is 18.2 Å². The van der Waals surface area contributed by atoms with E-state index in [0.29, 0.717) is 0 Å². The highest BCUT2D eigenvalue weighted by Crippen LogP contribution is 2.30. The van der Waals surface area contributed by atoms with E-state index in [1.807, 2.05) is 0 Å². The van der Waals surface area contributed by atoms with E-state index in [-0.39, 0.29) is 0 Å². The average molecular weight is 245 g/mol. The van der Waals surface area contributed by atoms with Gasteiger partial charge in [0.2, 0.25) is 0 Å². The Balaban J connectivity index is 1.67. The summed E-state index contributed by atoms with van der Waals surface area (Å²) < 4.78 is 0. The van der Waals surface area contributed by atoms with Gasteiger partial charge in [-0.1, -0.05) is 18.2 Å². The normalized spacial score (nSPS) is 20.2. The van der Waals surface area contributed by atoms with E-state index in [0.717, 1.165) is 13.1 Å². The van der Waals surface area contributed by atoms with Gasteiger partial charge in [0.1, 0.15) is 0 Å². The fraction of sp³-hybridized carbons (Fsp3) is 0.600. The number of nitrogens with zero attached hydrogens (tertiary/aromatic N) is 2. The Labute approximate surface area is 110 Å². The van der Waals surface area contributed by atoms with Crippen LogP contribution in [0.1, 0.15) is 11.1 Å². The first kappa shape index (κ1) is 12.0. The third-order valence-corrected chi connectivity index (χ3v) is 4.21. The SMILES string of the molecule is CN1CCc2cccc(CCN3CCNCC3)c21. The molecule has 0 aliphatic carbocycles. The molecule has 1 saturated heterocycles. The average Bonchev–Trinajstić information content (AvgIpc) is 2.80. The third-order valence-electron chi connectivity index (χ3n) is 4.21. The van der Waals surface area contributed by atoms with Gasteiger partial charge in [-0.2, -0.15) is 0 Å². The lowest BCUT2D eigenvalue weighted by Gasteiger charge is -2.27. The number of nitrogens with one attached hydrogen (secondary N) is 1. The maximum atomic E-state index is 3.41. The van der Waals surface area contributed by atoms with E-state index in [1.54, 1.807) is 0 Å². The van der Waals surface area contributed by atoms with Crippen LogP contribution in [0.25, 0.3) is 0 Å². The van der Waals surface area contributed by atoms with E-state index in [4.69, 9.17) is 0 Å². The van der Waals surface area contributed by atoms with Gasteiger partial charge in [0.05, 0.1) is 0 Å². The molecule has 2 heterocycles. The number of likely N-dealkylation sites (N-methyl/N-ethyl adjacent to an activating group) is 1. The number of benzene rings is 1. The molecule has 0 atom stereocenters. The zero-order valence-electron chi connectivity index (χ0n) is 11.3. The lowest BCUT2D eigenvalue weighted by atomic mass is 10.0. The number of fused-ring (bicyclic) bond motifs is 1. The van der Waals surface area contributed by atoms with Crippen molar-refractivity contribution < 1.29 is 0 Å². The molecule has 18 heavy (non-hydrogen) atoms. The summed E-state index contributed by atoms with van der Waals surface area (Å²) in [4.78, 5) is 4.99. The van der Waals surface area contributed by atoms with Gasteiger partial charge in [-0.05, 0) is 24.0 Å². The Morgan fingerprint density at radius 1 is 1.17 bits per heavy atom. The van der Waals surface area contributed by atoms with Gasteiger partial charge in [-0.25, -0.2) is 0 Å². The van der Waals surface area contributed by atoms with Crippen molar-refractivity contribution in [1.29, 1.82) is 0 Å². The van der Waals surface area contributed by atoms with E-state index < -0.39 is 0 Å². The molecule has 2 aliphatic heterocycles. The molecule has 3 rings (SSSR count). The van der Waals surface area contributed by atoms with E-state index >= 15 is 0 Å². The van der Waals surface area contributed by atoms with Crippen LogP contribution in [0.5, 0.6) is 0 Å². The van der Waals surface area contributed by atoms with Crippen molar-refractivity contribution in [3.63, 3.8) is 0 Å². The second-order valence-electron chi connectivity index (χ2n) is 5.44. The zero-order chi connectivity index (χ0) is 12.4. The third kappa shape index (κ3) is 2.38. The first-order chi connectivity index (χ1) is 8.84. The maximum absolute atomic E-state index is 3.41. The molecule has 0 aromatic heterocycles. The summed E-state index contributed by atoms with van der Waals surface area (Å²) in [5, 5.41) is 3.41. The quantitative estimate of drug-likeness (QED) is 0.861. The molecule has 1 aromatic rings. The highest BCUT2D eigenvalue weighted by Gasteiger charge is 2.19. The molecule has 0 amide bonds. The smallest absolute Gasteiger partial charge is 0.0429 e. The minimum absolute atomic E-state index is 1.15. The summed E-state index contributed by atoms with van der Waals surface area (Å²) in [6.07, 6.45) is 2.40. The van der Waals surface area contributed by atoms with Crippen molar-refractivity contribution in [3.05, 3.63) is 29.3 Å². The number of para-hydroxylation sites is 1.